The minimum Gasteiger partial charge on any atom is -0.490 e. The number of benzene rings is 2. The van der Waals surface area contributed by atoms with Gasteiger partial charge in [0.25, 0.3) is 5.91 Å². The van der Waals surface area contributed by atoms with E-state index in [2.05, 4.69) is 10.6 Å². The summed E-state index contributed by atoms with van der Waals surface area (Å²) in [6.45, 7) is 1.28. The van der Waals surface area contributed by atoms with E-state index in [4.69, 9.17) is 4.74 Å². The van der Waals surface area contributed by atoms with Crippen molar-refractivity contribution in [3.8, 4) is 5.75 Å². The fourth-order valence-corrected chi connectivity index (χ4v) is 2.36. The maximum absolute atomic E-state index is 12.2. The number of anilines is 2. The minimum atomic E-state index is -4.36. The predicted molar refractivity (Wildman–Crippen MR) is 89.9 cm³/mol. The van der Waals surface area contributed by atoms with E-state index in [9.17, 15) is 18.0 Å². The van der Waals surface area contributed by atoms with Gasteiger partial charge in [0, 0.05) is 23.9 Å². The second-order valence-corrected chi connectivity index (χ2v) is 5.44. The Morgan fingerprint density at radius 1 is 1.16 bits per heavy atom. The molecule has 2 aromatic carbocycles. The molecule has 130 valence electrons. The zero-order chi connectivity index (χ0) is 17.9. The SMILES string of the molecule is O=C(Nc1ccc2c(c1)NCCO2)c1ccc(C=CC(F)(F)F)cc1. The lowest BCUT2D eigenvalue weighted by atomic mass is 10.1. The molecule has 0 aromatic heterocycles. The molecule has 2 N–H and O–H groups in total. The van der Waals surface area contributed by atoms with Gasteiger partial charge in [0.1, 0.15) is 12.4 Å². The summed E-state index contributed by atoms with van der Waals surface area (Å²) in [6.07, 6.45) is -3.25. The van der Waals surface area contributed by atoms with E-state index in [0.717, 1.165) is 17.5 Å². The van der Waals surface area contributed by atoms with E-state index in [0.29, 0.717) is 30.0 Å². The summed E-state index contributed by atoms with van der Waals surface area (Å²) in [5.41, 5.74) is 2.12. The number of ether oxygens (including phenoxy) is 1. The maximum atomic E-state index is 12.2. The molecule has 3 rings (SSSR count). The van der Waals surface area contributed by atoms with Gasteiger partial charge in [-0.25, -0.2) is 0 Å². The summed E-state index contributed by atoms with van der Waals surface area (Å²) >= 11 is 0. The molecule has 0 bridgehead atoms. The number of rotatable bonds is 3. The molecule has 4 nitrogen and oxygen atoms in total. The van der Waals surface area contributed by atoms with Crippen molar-refractivity contribution < 1.29 is 22.7 Å². The van der Waals surface area contributed by atoms with Crippen LogP contribution in [0.2, 0.25) is 0 Å². The molecule has 1 aliphatic heterocycles. The number of hydrogen-bond acceptors (Lipinski definition) is 3. The number of amides is 1. The Morgan fingerprint density at radius 2 is 1.92 bits per heavy atom. The van der Waals surface area contributed by atoms with Gasteiger partial charge in [0.2, 0.25) is 0 Å². The second kappa shape index (κ2) is 6.88. The van der Waals surface area contributed by atoms with Gasteiger partial charge in [-0.3, -0.25) is 4.79 Å². The van der Waals surface area contributed by atoms with Crippen molar-refractivity contribution in [1.29, 1.82) is 0 Å². The van der Waals surface area contributed by atoms with Crippen molar-refractivity contribution >= 4 is 23.4 Å². The first-order chi connectivity index (χ1) is 11.9. The fraction of sp³-hybridized carbons (Fsp3) is 0.167. The van der Waals surface area contributed by atoms with Crippen LogP contribution in [0, 0.1) is 0 Å². The van der Waals surface area contributed by atoms with Gasteiger partial charge in [-0.15, -0.1) is 0 Å². The topological polar surface area (TPSA) is 50.4 Å². The molecule has 1 amide bonds. The van der Waals surface area contributed by atoms with E-state index >= 15 is 0 Å². The largest absolute Gasteiger partial charge is 0.490 e. The third kappa shape index (κ3) is 4.53. The third-order valence-electron chi connectivity index (χ3n) is 3.55. The van der Waals surface area contributed by atoms with E-state index in [1.807, 2.05) is 0 Å². The van der Waals surface area contributed by atoms with Crippen LogP contribution in [-0.2, 0) is 0 Å². The van der Waals surface area contributed by atoms with Crippen molar-refractivity contribution in [1.82, 2.24) is 0 Å². The standard InChI is InChI=1S/C18H15F3N2O2/c19-18(20,21)8-7-12-1-3-13(4-2-12)17(24)23-14-5-6-16-15(11-14)22-9-10-25-16/h1-8,11,22H,9-10H2,(H,23,24). The number of nitrogens with one attached hydrogen (secondary N) is 2. The lowest BCUT2D eigenvalue weighted by Gasteiger charge is -2.19. The number of carbonyl (C=O) groups excluding carboxylic acids is 1. The quantitative estimate of drug-likeness (QED) is 0.869. The first-order valence-electron chi connectivity index (χ1n) is 7.59. The van der Waals surface area contributed by atoms with E-state index in [-0.39, 0.29) is 12.0 Å². The maximum Gasteiger partial charge on any atom is 0.409 e. The summed E-state index contributed by atoms with van der Waals surface area (Å²) in [5.74, 6) is 0.382. The van der Waals surface area contributed by atoms with Crippen LogP contribution in [0.3, 0.4) is 0 Å². The summed E-state index contributed by atoms with van der Waals surface area (Å²) in [6, 6.07) is 11.1. The smallest absolute Gasteiger partial charge is 0.409 e. The summed E-state index contributed by atoms with van der Waals surface area (Å²) in [4.78, 5) is 12.2. The molecule has 1 aliphatic rings. The summed E-state index contributed by atoms with van der Waals surface area (Å²) < 4.78 is 41.9. The molecule has 25 heavy (non-hydrogen) atoms. The first kappa shape index (κ1) is 16.9. The highest BCUT2D eigenvalue weighted by Crippen LogP contribution is 2.30. The highest BCUT2D eigenvalue weighted by Gasteiger charge is 2.21. The number of fused-ring (bicyclic) bond motifs is 1. The molecule has 1 heterocycles. The third-order valence-corrected chi connectivity index (χ3v) is 3.55. The summed E-state index contributed by atoms with van der Waals surface area (Å²) in [5, 5.41) is 5.93. The predicted octanol–water partition coefficient (Wildman–Crippen LogP) is 4.32. The zero-order valence-electron chi connectivity index (χ0n) is 13.1. The monoisotopic (exact) mass is 348 g/mol. The molecule has 0 saturated heterocycles. The number of hydrogen-bond donors (Lipinski definition) is 2. The average Bonchev–Trinajstić information content (AvgIpc) is 2.59. The van der Waals surface area contributed by atoms with Crippen LogP contribution < -0.4 is 15.4 Å². The molecular formula is C18H15F3N2O2. The van der Waals surface area contributed by atoms with E-state index in [1.54, 1.807) is 18.2 Å². The van der Waals surface area contributed by atoms with Gasteiger partial charge < -0.3 is 15.4 Å². The van der Waals surface area contributed by atoms with Gasteiger partial charge in [0.15, 0.2) is 0 Å². The van der Waals surface area contributed by atoms with Crippen molar-refractivity contribution in [2.45, 2.75) is 6.18 Å². The molecule has 7 heteroatoms. The highest BCUT2D eigenvalue weighted by molar-refractivity contribution is 6.04. The van der Waals surface area contributed by atoms with Crippen LogP contribution in [0.1, 0.15) is 15.9 Å². The summed E-state index contributed by atoms with van der Waals surface area (Å²) in [7, 11) is 0. The molecule has 0 unspecified atom stereocenters. The van der Waals surface area contributed by atoms with E-state index in [1.165, 1.54) is 24.3 Å². The first-order valence-corrected chi connectivity index (χ1v) is 7.59. The van der Waals surface area contributed by atoms with Crippen molar-refractivity contribution in [3.05, 3.63) is 59.7 Å². The van der Waals surface area contributed by atoms with Crippen LogP contribution in [0.4, 0.5) is 24.5 Å². The Labute approximate surface area is 142 Å². The van der Waals surface area contributed by atoms with Gasteiger partial charge in [-0.1, -0.05) is 18.2 Å². The molecule has 0 atom stereocenters. The molecule has 0 radical (unpaired) electrons. The van der Waals surface area contributed by atoms with Gasteiger partial charge in [-0.05, 0) is 35.9 Å². The van der Waals surface area contributed by atoms with Gasteiger partial charge in [0.05, 0.1) is 5.69 Å². The normalized spacial score (nSPS) is 13.7. The zero-order valence-corrected chi connectivity index (χ0v) is 13.1. The molecule has 2 aromatic rings. The fourth-order valence-electron chi connectivity index (χ4n) is 2.36. The molecule has 0 fully saturated rings. The van der Waals surface area contributed by atoms with Crippen LogP contribution >= 0.6 is 0 Å². The number of alkyl halides is 3. The average molecular weight is 348 g/mol. The van der Waals surface area contributed by atoms with Crippen LogP contribution in [0.15, 0.2) is 48.5 Å². The molecule has 0 aliphatic carbocycles. The molecule has 0 saturated carbocycles. The number of halogens is 3. The Kier molecular flexibility index (Phi) is 4.65. The lowest BCUT2D eigenvalue weighted by molar-refractivity contribution is -0.0790. The number of carbonyl (C=O) groups is 1. The molecular weight excluding hydrogens is 333 g/mol. The number of allylic oxidation sites excluding steroid dienone is 1. The highest BCUT2D eigenvalue weighted by atomic mass is 19.4. The van der Waals surface area contributed by atoms with Crippen LogP contribution in [0.5, 0.6) is 5.75 Å². The Bertz CT molecular complexity index is 799. The Hall–Kier alpha value is -2.96. The van der Waals surface area contributed by atoms with Gasteiger partial charge >= 0.3 is 6.18 Å². The Balaban J connectivity index is 1.68. The minimum absolute atomic E-state index is 0.157. The van der Waals surface area contributed by atoms with E-state index < -0.39 is 6.18 Å². The van der Waals surface area contributed by atoms with Crippen LogP contribution in [-0.4, -0.2) is 25.2 Å². The van der Waals surface area contributed by atoms with Crippen molar-refractivity contribution in [2.75, 3.05) is 23.8 Å². The van der Waals surface area contributed by atoms with Gasteiger partial charge in [-0.2, -0.15) is 13.2 Å². The van der Waals surface area contributed by atoms with Crippen LogP contribution in [0.25, 0.3) is 6.08 Å². The molecule has 0 spiro atoms. The second-order valence-electron chi connectivity index (χ2n) is 5.44. The Morgan fingerprint density at radius 3 is 2.64 bits per heavy atom. The lowest BCUT2D eigenvalue weighted by Crippen LogP contribution is -2.18. The van der Waals surface area contributed by atoms with Crippen molar-refractivity contribution in [3.63, 3.8) is 0 Å². The van der Waals surface area contributed by atoms with Crippen molar-refractivity contribution in [2.24, 2.45) is 0 Å².